The number of para-hydroxylation sites is 1. The Kier molecular flexibility index (Phi) is 4.98. The lowest BCUT2D eigenvalue weighted by Crippen LogP contribution is -2.23. The van der Waals surface area contributed by atoms with Gasteiger partial charge in [0.2, 0.25) is 0 Å². The van der Waals surface area contributed by atoms with Gasteiger partial charge in [0, 0.05) is 6.54 Å². The predicted octanol–water partition coefficient (Wildman–Crippen LogP) is 2.05. The largest absolute Gasteiger partial charge is 0.334 e. The number of rotatable bonds is 7. The van der Waals surface area contributed by atoms with Crippen molar-refractivity contribution in [1.82, 2.24) is 14.9 Å². The van der Waals surface area contributed by atoms with Gasteiger partial charge in [-0.25, -0.2) is 4.98 Å². The monoisotopic (exact) mass is 308 g/mol. The van der Waals surface area contributed by atoms with Crippen LogP contribution in [-0.2, 0) is 16.6 Å². The Labute approximate surface area is 125 Å². The van der Waals surface area contributed by atoms with Crippen LogP contribution in [0.4, 0.5) is 5.69 Å². The molecule has 1 heterocycles. The molecule has 0 amide bonds. The van der Waals surface area contributed by atoms with Gasteiger partial charge in [0.1, 0.15) is 0 Å². The van der Waals surface area contributed by atoms with Gasteiger partial charge in [0.15, 0.2) is 5.03 Å². The average Bonchev–Trinajstić information content (AvgIpc) is 3.01. The van der Waals surface area contributed by atoms with E-state index in [1.54, 1.807) is 6.07 Å². The van der Waals surface area contributed by atoms with Gasteiger partial charge >= 0.3 is 0 Å². The van der Waals surface area contributed by atoms with E-state index >= 15 is 0 Å². The highest BCUT2D eigenvalue weighted by Crippen LogP contribution is 2.20. The summed E-state index contributed by atoms with van der Waals surface area (Å²) in [6, 6.07) is 7.43. The Balaban J connectivity index is 2.25. The van der Waals surface area contributed by atoms with Crippen LogP contribution in [0.3, 0.4) is 0 Å². The molecule has 0 unspecified atom stereocenters. The van der Waals surface area contributed by atoms with Crippen LogP contribution < -0.4 is 4.72 Å². The lowest BCUT2D eigenvalue weighted by Gasteiger charge is -2.20. The van der Waals surface area contributed by atoms with Crippen molar-refractivity contribution >= 4 is 15.7 Å². The lowest BCUT2D eigenvalue weighted by atomic mass is 10.1. The predicted molar refractivity (Wildman–Crippen MR) is 82.5 cm³/mol. The molecule has 7 heteroatoms. The molecule has 0 aliphatic carbocycles. The number of H-pyrrole nitrogens is 1. The molecule has 0 radical (unpaired) electrons. The van der Waals surface area contributed by atoms with E-state index in [-0.39, 0.29) is 5.03 Å². The van der Waals surface area contributed by atoms with Crippen molar-refractivity contribution in [3.63, 3.8) is 0 Å². The first kappa shape index (κ1) is 15.5. The smallest absolute Gasteiger partial charge is 0.278 e. The number of aromatic amines is 1. The number of aromatic nitrogens is 2. The summed E-state index contributed by atoms with van der Waals surface area (Å²) in [5.41, 5.74) is 1.54. The number of imidazole rings is 1. The fourth-order valence-corrected chi connectivity index (χ4v) is 3.04. The van der Waals surface area contributed by atoms with Crippen LogP contribution in [-0.4, -0.2) is 36.4 Å². The van der Waals surface area contributed by atoms with E-state index in [9.17, 15) is 8.42 Å². The first-order chi connectivity index (χ1) is 10.1. The maximum absolute atomic E-state index is 12.2. The molecule has 2 aromatic rings. The lowest BCUT2D eigenvalue weighted by molar-refractivity contribution is 0.296. The summed E-state index contributed by atoms with van der Waals surface area (Å²) in [6.07, 6.45) is 2.63. The minimum atomic E-state index is -3.63. The molecule has 0 bridgehead atoms. The third-order valence-electron chi connectivity index (χ3n) is 3.31. The second-order valence-electron chi connectivity index (χ2n) is 4.64. The molecule has 1 aromatic carbocycles. The minimum Gasteiger partial charge on any atom is -0.334 e. The summed E-state index contributed by atoms with van der Waals surface area (Å²) in [6.45, 7) is 6.70. The van der Waals surface area contributed by atoms with E-state index in [1.807, 2.05) is 18.2 Å². The fourth-order valence-electron chi connectivity index (χ4n) is 2.04. The summed E-state index contributed by atoms with van der Waals surface area (Å²) < 4.78 is 27.1. The summed E-state index contributed by atoms with van der Waals surface area (Å²) in [7, 11) is -3.63. The van der Waals surface area contributed by atoms with Gasteiger partial charge < -0.3 is 4.98 Å². The standard InChI is InChI=1S/C14H20N4O2S/c1-3-18(4-2)10-12-7-5-6-8-13(12)17-21(19,20)14-9-15-11-16-14/h5-9,11,17H,3-4,10H2,1-2H3,(H,15,16). The minimum absolute atomic E-state index is 0.0557. The maximum Gasteiger partial charge on any atom is 0.278 e. The molecule has 2 N–H and O–H groups in total. The first-order valence-electron chi connectivity index (χ1n) is 6.88. The zero-order chi connectivity index (χ0) is 15.3. The Morgan fingerprint density at radius 2 is 1.95 bits per heavy atom. The van der Waals surface area contributed by atoms with Crippen molar-refractivity contribution in [2.24, 2.45) is 0 Å². The topological polar surface area (TPSA) is 78.1 Å². The van der Waals surface area contributed by atoms with Crippen LogP contribution in [0.15, 0.2) is 41.8 Å². The Morgan fingerprint density at radius 3 is 2.57 bits per heavy atom. The number of hydrogen-bond donors (Lipinski definition) is 2. The number of nitrogens with one attached hydrogen (secondary N) is 2. The van der Waals surface area contributed by atoms with E-state index in [0.29, 0.717) is 12.2 Å². The van der Waals surface area contributed by atoms with E-state index in [1.165, 1.54) is 12.5 Å². The van der Waals surface area contributed by atoms with E-state index < -0.39 is 10.0 Å². The second-order valence-corrected chi connectivity index (χ2v) is 6.29. The summed E-state index contributed by atoms with van der Waals surface area (Å²) in [4.78, 5) is 8.58. The van der Waals surface area contributed by atoms with Crippen LogP contribution >= 0.6 is 0 Å². The molecule has 21 heavy (non-hydrogen) atoms. The molecule has 1 aromatic heterocycles. The molecule has 0 saturated carbocycles. The van der Waals surface area contributed by atoms with Crippen LogP contribution in [0.25, 0.3) is 0 Å². The van der Waals surface area contributed by atoms with Gasteiger partial charge in [-0.2, -0.15) is 8.42 Å². The average molecular weight is 308 g/mol. The van der Waals surface area contributed by atoms with Crippen molar-refractivity contribution < 1.29 is 8.42 Å². The molecule has 6 nitrogen and oxygen atoms in total. The van der Waals surface area contributed by atoms with Gasteiger partial charge in [-0.3, -0.25) is 9.62 Å². The zero-order valence-corrected chi connectivity index (χ0v) is 13.0. The molecule has 0 aliphatic rings. The van der Waals surface area contributed by atoms with Crippen molar-refractivity contribution in [3.05, 3.63) is 42.4 Å². The third kappa shape index (κ3) is 3.83. The fraction of sp³-hybridized carbons (Fsp3) is 0.357. The normalized spacial score (nSPS) is 11.8. The molecule has 114 valence electrons. The highest BCUT2D eigenvalue weighted by atomic mass is 32.2. The molecule has 0 saturated heterocycles. The molecule has 0 atom stereocenters. The van der Waals surface area contributed by atoms with Gasteiger partial charge in [0.05, 0.1) is 18.2 Å². The van der Waals surface area contributed by atoms with Gasteiger partial charge in [0.25, 0.3) is 10.0 Å². The van der Waals surface area contributed by atoms with E-state index in [4.69, 9.17) is 0 Å². The summed E-state index contributed by atoms with van der Waals surface area (Å²) in [5.74, 6) is 0. The molecule has 2 rings (SSSR count). The molecule has 0 aliphatic heterocycles. The Hall–Kier alpha value is -1.86. The maximum atomic E-state index is 12.2. The Morgan fingerprint density at radius 1 is 1.24 bits per heavy atom. The molecular formula is C14H20N4O2S. The molecule has 0 fully saturated rings. The highest BCUT2D eigenvalue weighted by molar-refractivity contribution is 7.92. The number of benzene rings is 1. The van der Waals surface area contributed by atoms with Crippen molar-refractivity contribution in [3.8, 4) is 0 Å². The quantitative estimate of drug-likeness (QED) is 0.820. The van der Waals surface area contributed by atoms with Crippen LogP contribution in [0.1, 0.15) is 19.4 Å². The number of hydrogen-bond acceptors (Lipinski definition) is 4. The second kappa shape index (κ2) is 6.73. The highest BCUT2D eigenvalue weighted by Gasteiger charge is 2.17. The summed E-state index contributed by atoms with van der Waals surface area (Å²) >= 11 is 0. The van der Waals surface area contributed by atoms with Crippen molar-refractivity contribution in [1.29, 1.82) is 0 Å². The summed E-state index contributed by atoms with van der Waals surface area (Å²) in [5, 5.41) is 0.0557. The molecule has 0 spiro atoms. The van der Waals surface area contributed by atoms with Crippen molar-refractivity contribution in [2.75, 3.05) is 17.8 Å². The zero-order valence-electron chi connectivity index (χ0n) is 12.2. The number of nitrogens with zero attached hydrogens (tertiary/aromatic N) is 2. The Bertz CT molecular complexity index is 664. The third-order valence-corrected chi connectivity index (χ3v) is 4.60. The van der Waals surface area contributed by atoms with Gasteiger partial charge in [-0.1, -0.05) is 32.0 Å². The number of sulfonamides is 1. The van der Waals surface area contributed by atoms with Crippen molar-refractivity contribution in [2.45, 2.75) is 25.4 Å². The van der Waals surface area contributed by atoms with Gasteiger partial charge in [-0.05, 0) is 24.7 Å². The van der Waals surface area contributed by atoms with Crippen LogP contribution in [0, 0.1) is 0 Å². The van der Waals surface area contributed by atoms with Gasteiger partial charge in [-0.15, -0.1) is 0 Å². The van der Waals surface area contributed by atoms with Crippen LogP contribution in [0.2, 0.25) is 0 Å². The SMILES string of the molecule is CCN(CC)Cc1ccccc1NS(=O)(=O)c1cnc[nH]1. The van der Waals surface area contributed by atoms with E-state index in [0.717, 1.165) is 18.7 Å². The van der Waals surface area contributed by atoms with E-state index in [2.05, 4.69) is 33.4 Å². The first-order valence-corrected chi connectivity index (χ1v) is 8.36. The number of anilines is 1. The van der Waals surface area contributed by atoms with Crippen LogP contribution in [0.5, 0.6) is 0 Å². The molecular weight excluding hydrogens is 288 g/mol.